The van der Waals surface area contributed by atoms with Crippen LogP contribution in [0.1, 0.15) is 16.7 Å². The van der Waals surface area contributed by atoms with Gasteiger partial charge < -0.3 is 15.1 Å². The maximum atomic E-state index is 13.8. The predicted molar refractivity (Wildman–Crippen MR) is 99.0 cm³/mol. The van der Waals surface area contributed by atoms with E-state index in [1.807, 2.05) is 0 Å². The van der Waals surface area contributed by atoms with Crippen molar-refractivity contribution in [1.82, 2.24) is 4.90 Å². The van der Waals surface area contributed by atoms with Gasteiger partial charge in [0.1, 0.15) is 0 Å². The number of carbonyl (C=O) groups is 1. The molecular weight excluding hydrogens is 387 g/mol. The van der Waals surface area contributed by atoms with Crippen LogP contribution in [0.15, 0.2) is 52.7 Å². The molecule has 0 bridgehead atoms. The molecule has 2 N–H and O–H groups in total. The van der Waals surface area contributed by atoms with Crippen LogP contribution < -0.4 is 0 Å². The monoisotopic (exact) mass is 403 g/mol. The van der Waals surface area contributed by atoms with Gasteiger partial charge in [0, 0.05) is 13.1 Å². The average molecular weight is 403 g/mol. The van der Waals surface area contributed by atoms with Crippen molar-refractivity contribution in [2.75, 3.05) is 6.54 Å². The summed E-state index contributed by atoms with van der Waals surface area (Å²) in [5.74, 6) is -1.42. The Kier molecular flexibility index (Phi) is 4.33. The summed E-state index contributed by atoms with van der Waals surface area (Å²) >= 11 is 0. The first-order valence-corrected chi connectivity index (χ1v) is 8.82. The molecule has 0 saturated carbocycles. The minimum Gasteiger partial charge on any atom is -0.504 e. The van der Waals surface area contributed by atoms with Crippen LogP contribution >= 0.6 is 0 Å². The number of amides is 1. The van der Waals surface area contributed by atoms with Crippen molar-refractivity contribution in [3.05, 3.63) is 59.2 Å². The van der Waals surface area contributed by atoms with Gasteiger partial charge in [-0.05, 0) is 35.2 Å². The standard InChI is InChI=1S/C20H16F3N3O3/c21-20(22,23)17-19(11-24-25-17,14-4-2-1-3-5-14)18(29)26-7-6-12-8-15(27)16(28)9-13(12)10-26/h1-5,8-9,11,27-28H,6-7,10H2. The Labute approximate surface area is 163 Å². The fourth-order valence-corrected chi connectivity index (χ4v) is 3.79. The summed E-state index contributed by atoms with van der Waals surface area (Å²) in [6.07, 6.45) is -3.58. The first kappa shape index (κ1) is 19.0. The molecule has 0 aliphatic carbocycles. The van der Waals surface area contributed by atoms with Crippen LogP contribution in [0.25, 0.3) is 0 Å². The highest BCUT2D eigenvalue weighted by molar-refractivity contribution is 6.29. The van der Waals surface area contributed by atoms with Crippen LogP contribution in [0.4, 0.5) is 13.2 Å². The molecule has 2 aromatic carbocycles. The number of benzene rings is 2. The van der Waals surface area contributed by atoms with Gasteiger partial charge in [-0.2, -0.15) is 18.3 Å². The van der Waals surface area contributed by atoms with Gasteiger partial charge in [0.25, 0.3) is 0 Å². The normalized spacial score (nSPS) is 21.1. The summed E-state index contributed by atoms with van der Waals surface area (Å²) in [6.45, 7) is 0.152. The Bertz CT molecular complexity index is 1030. The van der Waals surface area contributed by atoms with E-state index in [0.29, 0.717) is 12.0 Å². The third-order valence-corrected chi connectivity index (χ3v) is 5.21. The van der Waals surface area contributed by atoms with Crippen LogP contribution in [-0.2, 0) is 23.2 Å². The number of hydrogen-bond donors (Lipinski definition) is 2. The summed E-state index contributed by atoms with van der Waals surface area (Å²) in [5.41, 5.74) is -2.04. The Hall–Kier alpha value is -3.36. The van der Waals surface area contributed by atoms with Crippen molar-refractivity contribution < 1.29 is 28.2 Å². The van der Waals surface area contributed by atoms with E-state index < -0.39 is 23.2 Å². The maximum absolute atomic E-state index is 13.8. The Balaban J connectivity index is 1.77. The number of phenols is 2. The first-order chi connectivity index (χ1) is 13.7. The molecule has 9 heteroatoms. The molecule has 0 fully saturated rings. The number of alkyl halides is 3. The minimum atomic E-state index is -4.85. The highest BCUT2D eigenvalue weighted by Gasteiger charge is 2.58. The second-order valence-electron chi connectivity index (χ2n) is 6.95. The molecule has 1 unspecified atom stereocenters. The maximum Gasteiger partial charge on any atom is 0.433 e. The molecule has 2 aliphatic heterocycles. The lowest BCUT2D eigenvalue weighted by molar-refractivity contribution is -0.135. The minimum absolute atomic E-state index is 0.00440. The number of aromatic hydroxyl groups is 2. The van der Waals surface area contributed by atoms with Crippen LogP contribution in [0.3, 0.4) is 0 Å². The third kappa shape index (κ3) is 3.02. The van der Waals surface area contributed by atoms with Gasteiger partial charge in [0.15, 0.2) is 22.6 Å². The molecule has 0 saturated heterocycles. The molecule has 0 aromatic heterocycles. The second kappa shape index (κ2) is 6.61. The van der Waals surface area contributed by atoms with Gasteiger partial charge in [-0.15, -0.1) is 5.10 Å². The number of nitrogens with zero attached hydrogens (tertiary/aromatic N) is 3. The topological polar surface area (TPSA) is 85.5 Å². The van der Waals surface area contributed by atoms with Crippen molar-refractivity contribution in [3.63, 3.8) is 0 Å². The molecule has 2 aromatic rings. The van der Waals surface area contributed by atoms with Crippen molar-refractivity contribution in [1.29, 1.82) is 0 Å². The zero-order chi connectivity index (χ0) is 20.8. The van der Waals surface area contributed by atoms with E-state index in [1.165, 1.54) is 29.2 Å². The number of phenolic OH excluding ortho intramolecular Hbond substituents is 2. The lowest BCUT2D eigenvalue weighted by Gasteiger charge is -2.36. The van der Waals surface area contributed by atoms with E-state index in [1.54, 1.807) is 18.2 Å². The van der Waals surface area contributed by atoms with E-state index in [4.69, 9.17) is 0 Å². The summed E-state index contributed by atoms with van der Waals surface area (Å²) < 4.78 is 41.3. The predicted octanol–water partition coefficient (Wildman–Crippen LogP) is 2.92. The van der Waals surface area contributed by atoms with Crippen LogP contribution in [-0.4, -0.2) is 45.7 Å². The SMILES string of the molecule is O=C(N1CCc2cc(O)c(O)cc2C1)C1(c2ccccc2)C=NN=C1C(F)(F)F. The van der Waals surface area contributed by atoms with E-state index in [-0.39, 0.29) is 30.2 Å². The van der Waals surface area contributed by atoms with Gasteiger partial charge in [-0.3, -0.25) is 4.79 Å². The number of hydrogen-bond acceptors (Lipinski definition) is 5. The molecule has 2 aliphatic rings. The van der Waals surface area contributed by atoms with Crippen LogP contribution in [0.5, 0.6) is 11.5 Å². The molecule has 0 radical (unpaired) electrons. The smallest absolute Gasteiger partial charge is 0.433 e. The molecule has 0 spiro atoms. The summed E-state index contributed by atoms with van der Waals surface area (Å²) in [7, 11) is 0. The fourth-order valence-electron chi connectivity index (χ4n) is 3.79. The van der Waals surface area contributed by atoms with Gasteiger partial charge >= 0.3 is 6.18 Å². The number of carbonyl (C=O) groups excluding carboxylic acids is 1. The van der Waals surface area contributed by atoms with Gasteiger partial charge in [-0.25, -0.2) is 0 Å². The summed E-state index contributed by atoms with van der Waals surface area (Å²) in [4.78, 5) is 14.8. The molecule has 6 nitrogen and oxygen atoms in total. The Morgan fingerprint density at radius 3 is 2.38 bits per heavy atom. The number of rotatable bonds is 2. The summed E-state index contributed by atoms with van der Waals surface area (Å²) in [5, 5.41) is 26.1. The molecule has 4 rings (SSSR count). The zero-order valence-electron chi connectivity index (χ0n) is 15.0. The van der Waals surface area contributed by atoms with E-state index in [2.05, 4.69) is 10.2 Å². The lowest BCUT2D eigenvalue weighted by Crippen LogP contribution is -2.56. The fraction of sp³-hybridized carbons (Fsp3) is 0.250. The molecule has 150 valence electrons. The Morgan fingerprint density at radius 1 is 1.07 bits per heavy atom. The van der Waals surface area contributed by atoms with Crippen molar-refractivity contribution in [2.24, 2.45) is 10.2 Å². The number of fused-ring (bicyclic) bond motifs is 1. The van der Waals surface area contributed by atoms with E-state index >= 15 is 0 Å². The van der Waals surface area contributed by atoms with Gasteiger partial charge in [0.2, 0.25) is 5.91 Å². The van der Waals surface area contributed by atoms with E-state index in [9.17, 15) is 28.2 Å². The quantitative estimate of drug-likeness (QED) is 0.756. The third-order valence-electron chi connectivity index (χ3n) is 5.21. The molecule has 29 heavy (non-hydrogen) atoms. The molecule has 1 atom stereocenters. The van der Waals surface area contributed by atoms with Crippen molar-refractivity contribution >= 4 is 17.8 Å². The zero-order valence-corrected chi connectivity index (χ0v) is 15.0. The first-order valence-electron chi connectivity index (χ1n) is 8.82. The van der Waals surface area contributed by atoms with Gasteiger partial charge in [-0.1, -0.05) is 30.3 Å². The second-order valence-corrected chi connectivity index (χ2v) is 6.95. The molecular formula is C20H16F3N3O3. The molecule has 2 heterocycles. The number of halogens is 3. The van der Waals surface area contributed by atoms with Crippen LogP contribution in [0.2, 0.25) is 0 Å². The van der Waals surface area contributed by atoms with Crippen LogP contribution in [0, 0.1) is 0 Å². The Morgan fingerprint density at radius 2 is 1.72 bits per heavy atom. The highest BCUT2D eigenvalue weighted by Crippen LogP contribution is 2.39. The summed E-state index contributed by atoms with van der Waals surface area (Å²) in [6, 6.07) is 10.4. The molecule has 1 amide bonds. The van der Waals surface area contributed by atoms with Crippen molar-refractivity contribution in [2.45, 2.75) is 24.6 Å². The highest BCUT2D eigenvalue weighted by atomic mass is 19.4. The van der Waals surface area contributed by atoms with E-state index in [0.717, 1.165) is 11.8 Å². The lowest BCUT2D eigenvalue weighted by atomic mass is 9.75. The average Bonchev–Trinajstić information content (AvgIpc) is 3.15. The largest absolute Gasteiger partial charge is 0.504 e. The van der Waals surface area contributed by atoms with Crippen molar-refractivity contribution in [3.8, 4) is 11.5 Å². The van der Waals surface area contributed by atoms with Gasteiger partial charge in [0.05, 0.1) is 6.21 Å².